The van der Waals surface area contributed by atoms with Gasteiger partial charge in [-0.05, 0) is 42.2 Å². The first-order chi connectivity index (χ1) is 14.5. The Kier molecular flexibility index (Phi) is 6.28. The van der Waals surface area contributed by atoms with E-state index >= 15 is 0 Å². The molecule has 160 valence electrons. The van der Waals surface area contributed by atoms with E-state index in [1.54, 1.807) is 0 Å². The standard InChI is InChI=1S/C25H32N2O3/c1-17(2)20-8-4-7-18(3)25(20)26-24(28)16-27-12-5-9-21(27)19-10-11-22-23(15-19)30-14-6-13-29-22/h4,7-8,10-11,15,17,21H,5-6,9,12-14,16H2,1-3H3,(H,26,28)/p+1/t21-/m0/s1. The van der Waals surface area contributed by atoms with Gasteiger partial charge in [0.05, 0.1) is 19.8 Å². The Labute approximate surface area is 179 Å². The van der Waals surface area contributed by atoms with E-state index in [-0.39, 0.29) is 5.91 Å². The maximum atomic E-state index is 13.0. The SMILES string of the molecule is Cc1cccc(C(C)C)c1NC(=O)C[NH+]1CCC[C@H]1c1ccc2c(c1)OCCCO2. The van der Waals surface area contributed by atoms with E-state index in [9.17, 15) is 4.79 Å². The molecule has 0 aliphatic carbocycles. The predicted molar refractivity (Wildman–Crippen MR) is 119 cm³/mol. The van der Waals surface area contributed by atoms with Crippen molar-refractivity contribution in [3.05, 3.63) is 53.1 Å². The number of hydrogen-bond acceptors (Lipinski definition) is 3. The maximum absolute atomic E-state index is 13.0. The zero-order valence-electron chi connectivity index (χ0n) is 18.3. The Bertz CT molecular complexity index is 909. The van der Waals surface area contributed by atoms with Crippen LogP contribution in [-0.2, 0) is 4.79 Å². The van der Waals surface area contributed by atoms with Gasteiger partial charge in [0.25, 0.3) is 5.91 Å². The van der Waals surface area contributed by atoms with Crippen molar-refractivity contribution in [2.45, 2.75) is 52.0 Å². The molecule has 1 amide bonds. The van der Waals surface area contributed by atoms with Crippen molar-refractivity contribution in [2.75, 3.05) is 31.6 Å². The number of rotatable bonds is 5. The second kappa shape index (κ2) is 9.09. The molecule has 2 aromatic carbocycles. The molecule has 2 aliphatic rings. The summed E-state index contributed by atoms with van der Waals surface area (Å²) in [4.78, 5) is 14.3. The number of amides is 1. The number of aryl methyl sites for hydroxylation is 1. The molecule has 5 heteroatoms. The summed E-state index contributed by atoms with van der Waals surface area (Å²) >= 11 is 0. The molecule has 4 rings (SSSR count). The molecule has 0 saturated carbocycles. The molecule has 1 unspecified atom stereocenters. The monoisotopic (exact) mass is 409 g/mol. The summed E-state index contributed by atoms with van der Waals surface area (Å²) in [6.45, 7) is 9.26. The van der Waals surface area contributed by atoms with Gasteiger partial charge in [-0.2, -0.15) is 0 Å². The molecule has 0 spiro atoms. The van der Waals surface area contributed by atoms with Crippen LogP contribution in [0.5, 0.6) is 11.5 Å². The summed E-state index contributed by atoms with van der Waals surface area (Å²) in [5.74, 6) is 2.12. The van der Waals surface area contributed by atoms with Crippen LogP contribution in [0.25, 0.3) is 0 Å². The number of nitrogens with one attached hydrogen (secondary N) is 2. The molecule has 2 aliphatic heterocycles. The van der Waals surface area contributed by atoms with E-state index in [0.717, 1.165) is 48.6 Å². The minimum atomic E-state index is 0.0856. The number of hydrogen-bond donors (Lipinski definition) is 2. The first-order valence-corrected chi connectivity index (χ1v) is 11.2. The number of fused-ring (bicyclic) bond motifs is 1. The number of likely N-dealkylation sites (tertiary alicyclic amines) is 1. The van der Waals surface area contributed by atoms with Gasteiger partial charge in [-0.3, -0.25) is 4.79 Å². The topological polar surface area (TPSA) is 52.0 Å². The Morgan fingerprint density at radius 3 is 2.73 bits per heavy atom. The van der Waals surface area contributed by atoms with Gasteiger partial charge in [0, 0.05) is 30.5 Å². The molecule has 1 saturated heterocycles. The summed E-state index contributed by atoms with van der Waals surface area (Å²) in [6, 6.07) is 12.8. The Morgan fingerprint density at radius 1 is 1.13 bits per heavy atom. The molecular weight excluding hydrogens is 376 g/mol. The highest BCUT2D eigenvalue weighted by Gasteiger charge is 2.32. The zero-order chi connectivity index (χ0) is 21.1. The third kappa shape index (κ3) is 4.46. The number of benzene rings is 2. The Balaban J connectivity index is 1.47. The second-order valence-electron chi connectivity index (χ2n) is 8.78. The summed E-state index contributed by atoms with van der Waals surface area (Å²) in [5.41, 5.74) is 4.52. The van der Waals surface area contributed by atoms with Gasteiger partial charge >= 0.3 is 0 Å². The number of carbonyl (C=O) groups is 1. The van der Waals surface area contributed by atoms with Gasteiger partial charge in [0.2, 0.25) is 0 Å². The van der Waals surface area contributed by atoms with Crippen molar-refractivity contribution in [3.63, 3.8) is 0 Å². The van der Waals surface area contributed by atoms with Gasteiger partial charge in [-0.15, -0.1) is 0 Å². The lowest BCUT2D eigenvalue weighted by Gasteiger charge is -2.23. The molecule has 0 bridgehead atoms. The van der Waals surface area contributed by atoms with E-state index in [0.29, 0.717) is 31.7 Å². The highest BCUT2D eigenvalue weighted by molar-refractivity contribution is 5.93. The molecule has 30 heavy (non-hydrogen) atoms. The first kappa shape index (κ1) is 20.7. The van der Waals surface area contributed by atoms with Crippen LogP contribution in [0.4, 0.5) is 5.69 Å². The molecular formula is C25H33N2O3+. The molecule has 0 radical (unpaired) electrons. The van der Waals surface area contributed by atoms with Crippen LogP contribution in [0, 0.1) is 6.92 Å². The summed E-state index contributed by atoms with van der Waals surface area (Å²) in [7, 11) is 0. The van der Waals surface area contributed by atoms with Crippen LogP contribution in [0.15, 0.2) is 36.4 Å². The minimum Gasteiger partial charge on any atom is -0.490 e. The summed E-state index contributed by atoms with van der Waals surface area (Å²) in [6.07, 6.45) is 3.12. The van der Waals surface area contributed by atoms with Crippen LogP contribution in [0.3, 0.4) is 0 Å². The van der Waals surface area contributed by atoms with Crippen LogP contribution < -0.4 is 19.7 Å². The summed E-state index contributed by atoms with van der Waals surface area (Å²) < 4.78 is 11.6. The smallest absolute Gasteiger partial charge is 0.279 e. The number of anilines is 1. The molecule has 1 fully saturated rings. The van der Waals surface area contributed by atoms with Gasteiger partial charge < -0.3 is 19.7 Å². The lowest BCUT2D eigenvalue weighted by atomic mass is 9.98. The molecule has 2 atom stereocenters. The van der Waals surface area contributed by atoms with Crippen molar-refractivity contribution >= 4 is 11.6 Å². The fraction of sp³-hybridized carbons (Fsp3) is 0.480. The quantitative estimate of drug-likeness (QED) is 0.793. The van der Waals surface area contributed by atoms with E-state index in [1.165, 1.54) is 16.0 Å². The maximum Gasteiger partial charge on any atom is 0.279 e. The Hall–Kier alpha value is -2.53. The van der Waals surface area contributed by atoms with Gasteiger partial charge in [-0.1, -0.05) is 32.0 Å². The predicted octanol–water partition coefficient (Wildman–Crippen LogP) is 3.64. The van der Waals surface area contributed by atoms with Gasteiger partial charge in [0.1, 0.15) is 6.04 Å². The van der Waals surface area contributed by atoms with E-state index in [4.69, 9.17) is 9.47 Å². The minimum absolute atomic E-state index is 0.0856. The van der Waals surface area contributed by atoms with Crippen molar-refractivity contribution < 1.29 is 19.2 Å². The molecule has 0 aromatic heterocycles. The highest BCUT2D eigenvalue weighted by Crippen LogP contribution is 2.33. The number of carbonyl (C=O) groups excluding carboxylic acids is 1. The van der Waals surface area contributed by atoms with E-state index < -0.39 is 0 Å². The van der Waals surface area contributed by atoms with Gasteiger partial charge in [0.15, 0.2) is 18.0 Å². The molecule has 2 N–H and O–H groups in total. The zero-order valence-corrected chi connectivity index (χ0v) is 18.3. The number of para-hydroxylation sites is 1. The van der Waals surface area contributed by atoms with Crippen LogP contribution in [0.1, 0.15) is 61.8 Å². The number of ether oxygens (including phenoxy) is 2. The first-order valence-electron chi connectivity index (χ1n) is 11.2. The number of quaternary nitrogens is 1. The molecule has 2 aromatic rings. The van der Waals surface area contributed by atoms with E-state index in [2.05, 4.69) is 56.4 Å². The van der Waals surface area contributed by atoms with E-state index in [1.807, 2.05) is 6.07 Å². The average Bonchev–Trinajstić information content (AvgIpc) is 3.04. The van der Waals surface area contributed by atoms with Crippen molar-refractivity contribution in [2.24, 2.45) is 0 Å². The third-order valence-corrected chi connectivity index (χ3v) is 6.24. The van der Waals surface area contributed by atoms with Crippen LogP contribution >= 0.6 is 0 Å². The fourth-order valence-electron chi connectivity index (χ4n) is 4.65. The molecule has 2 heterocycles. The second-order valence-corrected chi connectivity index (χ2v) is 8.78. The van der Waals surface area contributed by atoms with Crippen molar-refractivity contribution in [3.8, 4) is 11.5 Å². The fourth-order valence-corrected chi connectivity index (χ4v) is 4.65. The normalized spacial score (nSPS) is 20.8. The highest BCUT2D eigenvalue weighted by atomic mass is 16.5. The lowest BCUT2D eigenvalue weighted by molar-refractivity contribution is -0.910. The van der Waals surface area contributed by atoms with Gasteiger partial charge in [-0.25, -0.2) is 0 Å². The van der Waals surface area contributed by atoms with Crippen molar-refractivity contribution in [1.82, 2.24) is 0 Å². The largest absolute Gasteiger partial charge is 0.490 e. The average molecular weight is 410 g/mol. The lowest BCUT2D eigenvalue weighted by Crippen LogP contribution is -3.11. The van der Waals surface area contributed by atoms with Crippen LogP contribution in [0.2, 0.25) is 0 Å². The third-order valence-electron chi connectivity index (χ3n) is 6.24. The molecule has 5 nitrogen and oxygen atoms in total. The Morgan fingerprint density at radius 2 is 1.93 bits per heavy atom. The summed E-state index contributed by atoms with van der Waals surface area (Å²) in [5, 5.41) is 3.21. The van der Waals surface area contributed by atoms with Crippen LogP contribution in [-0.4, -0.2) is 32.2 Å². The van der Waals surface area contributed by atoms with Crippen molar-refractivity contribution in [1.29, 1.82) is 0 Å².